The molecule has 0 atom stereocenters. The van der Waals surface area contributed by atoms with Crippen LogP contribution in [0.2, 0.25) is 0 Å². The van der Waals surface area contributed by atoms with Crippen LogP contribution in [0.25, 0.3) is 0 Å². The molecule has 0 fully saturated rings. The molecule has 2 rings (SSSR count). The summed E-state index contributed by atoms with van der Waals surface area (Å²) in [6.45, 7) is 4.83. The second-order valence-electron chi connectivity index (χ2n) is 5.34. The van der Waals surface area contributed by atoms with Gasteiger partial charge in [0, 0.05) is 40.0 Å². The maximum atomic E-state index is 4.45. The Morgan fingerprint density at radius 3 is 2.57 bits per heavy atom. The third kappa shape index (κ3) is 3.87. The summed E-state index contributed by atoms with van der Waals surface area (Å²) in [5.41, 5.74) is 0. The van der Waals surface area contributed by atoms with E-state index in [1.807, 2.05) is 26.0 Å². The molecule has 2 aromatic heterocycles. The average Bonchev–Trinajstić information content (AvgIpc) is 2.84. The third-order valence-electron chi connectivity index (χ3n) is 2.99. The Bertz CT molecular complexity index is 563. The normalized spacial score (nSPS) is 11.0. The quantitative estimate of drug-likeness (QED) is 0.844. The lowest BCUT2D eigenvalue weighted by Gasteiger charge is -2.14. The van der Waals surface area contributed by atoms with Gasteiger partial charge in [0.25, 0.3) is 0 Å². The van der Waals surface area contributed by atoms with E-state index in [0.717, 1.165) is 18.1 Å². The Kier molecular flexibility index (Phi) is 4.66. The number of hydrogen-bond acceptors (Lipinski definition) is 7. The Morgan fingerprint density at radius 1 is 1.24 bits per heavy atom. The minimum absolute atomic E-state index is 0.256. The van der Waals surface area contributed by atoms with E-state index >= 15 is 0 Å². The Labute approximate surface area is 124 Å². The van der Waals surface area contributed by atoms with Crippen molar-refractivity contribution >= 4 is 11.9 Å². The highest BCUT2D eigenvalue weighted by molar-refractivity contribution is 5.36. The van der Waals surface area contributed by atoms with Crippen molar-refractivity contribution in [2.24, 2.45) is 7.05 Å². The van der Waals surface area contributed by atoms with Crippen molar-refractivity contribution in [3.63, 3.8) is 0 Å². The van der Waals surface area contributed by atoms with Crippen LogP contribution in [-0.2, 0) is 13.5 Å². The van der Waals surface area contributed by atoms with Gasteiger partial charge in [0.2, 0.25) is 11.9 Å². The lowest BCUT2D eigenvalue weighted by Crippen LogP contribution is -2.18. The van der Waals surface area contributed by atoms with Gasteiger partial charge in [-0.05, 0) is 0 Å². The number of anilines is 2. The van der Waals surface area contributed by atoms with Gasteiger partial charge in [-0.25, -0.2) is 4.98 Å². The third-order valence-corrected chi connectivity index (χ3v) is 2.99. The molecule has 0 aromatic carbocycles. The fourth-order valence-corrected chi connectivity index (χ4v) is 1.75. The SMILES string of the molecule is CC(C)c1nc(NCCc2ncnn2C)nc(N(C)C)n1. The Hall–Kier alpha value is -2.25. The van der Waals surface area contributed by atoms with Crippen LogP contribution in [-0.4, -0.2) is 50.4 Å². The molecule has 0 aliphatic heterocycles. The lowest BCUT2D eigenvalue weighted by atomic mass is 10.2. The second-order valence-corrected chi connectivity index (χ2v) is 5.34. The summed E-state index contributed by atoms with van der Waals surface area (Å²) in [6.07, 6.45) is 2.32. The van der Waals surface area contributed by atoms with E-state index in [-0.39, 0.29) is 5.92 Å². The molecule has 0 unspecified atom stereocenters. The van der Waals surface area contributed by atoms with Crippen LogP contribution in [0.5, 0.6) is 0 Å². The highest BCUT2D eigenvalue weighted by Gasteiger charge is 2.11. The van der Waals surface area contributed by atoms with Crippen molar-refractivity contribution in [1.82, 2.24) is 29.7 Å². The van der Waals surface area contributed by atoms with Crippen LogP contribution in [0.4, 0.5) is 11.9 Å². The second kappa shape index (κ2) is 6.47. The van der Waals surface area contributed by atoms with Crippen LogP contribution in [0, 0.1) is 0 Å². The molecule has 2 heterocycles. The summed E-state index contributed by atoms with van der Waals surface area (Å²) >= 11 is 0. The zero-order chi connectivity index (χ0) is 15.4. The summed E-state index contributed by atoms with van der Waals surface area (Å²) in [6, 6.07) is 0. The number of nitrogens with zero attached hydrogens (tertiary/aromatic N) is 7. The fraction of sp³-hybridized carbons (Fsp3) is 0.615. The van der Waals surface area contributed by atoms with Crippen LogP contribution in [0.1, 0.15) is 31.4 Å². The molecule has 0 radical (unpaired) electrons. The maximum absolute atomic E-state index is 4.45. The van der Waals surface area contributed by atoms with Crippen LogP contribution in [0.3, 0.4) is 0 Å². The summed E-state index contributed by atoms with van der Waals surface area (Å²) < 4.78 is 1.76. The number of rotatable bonds is 6. The molecule has 0 saturated carbocycles. The lowest BCUT2D eigenvalue weighted by molar-refractivity contribution is 0.699. The van der Waals surface area contributed by atoms with Crippen LogP contribution >= 0.6 is 0 Å². The van der Waals surface area contributed by atoms with E-state index in [1.54, 1.807) is 11.0 Å². The largest absolute Gasteiger partial charge is 0.354 e. The number of nitrogens with one attached hydrogen (secondary N) is 1. The van der Waals surface area contributed by atoms with Crippen molar-refractivity contribution < 1.29 is 0 Å². The van der Waals surface area contributed by atoms with Crippen molar-refractivity contribution in [3.05, 3.63) is 18.0 Å². The highest BCUT2D eigenvalue weighted by Crippen LogP contribution is 2.14. The molecule has 114 valence electrons. The Morgan fingerprint density at radius 2 is 2.00 bits per heavy atom. The van der Waals surface area contributed by atoms with Gasteiger partial charge < -0.3 is 10.2 Å². The first-order chi connectivity index (χ1) is 9.97. The number of aromatic nitrogens is 6. The number of aryl methyl sites for hydroxylation is 1. The van der Waals surface area contributed by atoms with Gasteiger partial charge in [0.15, 0.2) is 0 Å². The standard InChI is InChI=1S/C13H22N8/c1-9(2)11-17-12(19-13(18-11)20(3)4)14-7-6-10-15-8-16-21(10)5/h8-9H,6-7H2,1-5H3,(H,14,17,18,19). The van der Waals surface area contributed by atoms with E-state index in [9.17, 15) is 0 Å². The van der Waals surface area contributed by atoms with Crippen molar-refractivity contribution in [2.75, 3.05) is 30.9 Å². The highest BCUT2D eigenvalue weighted by atomic mass is 15.3. The van der Waals surface area contributed by atoms with Crippen LogP contribution in [0.15, 0.2) is 6.33 Å². The van der Waals surface area contributed by atoms with E-state index in [4.69, 9.17) is 0 Å². The first-order valence-electron chi connectivity index (χ1n) is 6.97. The molecule has 0 amide bonds. The first-order valence-corrected chi connectivity index (χ1v) is 6.97. The van der Waals surface area contributed by atoms with Crippen molar-refractivity contribution in [2.45, 2.75) is 26.2 Å². The van der Waals surface area contributed by atoms with E-state index < -0.39 is 0 Å². The molecule has 0 aliphatic carbocycles. The smallest absolute Gasteiger partial charge is 0.229 e. The van der Waals surface area contributed by atoms with Crippen molar-refractivity contribution in [1.29, 1.82) is 0 Å². The van der Waals surface area contributed by atoms with Gasteiger partial charge in [-0.2, -0.15) is 20.1 Å². The molecule has 0 saturated heterocycles. The van der Waals surface area contributed by atoms with E-state index in [0.29, 0.717) is 18.4 Å². The predicted molar refractivity (Wildman–Crippen MR) is 81.4 cm³/mol. The van der Waals surface area contributed by atoms with Gasteiger partial charge in [-0.3, -0.25) is 4.68 Å². The topological polar surface area (TPSA) is 84.7 Å². The van der Waals surface area contributed by atoms with E-state index in [2.05, 4.69) is 44.2 Å². The Balaban J connectivity index is 2.06. The molecular weight excluding hydrogens is 268 g/mol. The molecule has 2 aromatic rings. The predicted octanol–water partition coefficient (Wildman–Crippen LogP) is 0.844. The molecule has 0 spiro atoms. The monoisotopic (exact) mass is 290 g/mol. The van der Waals surface area contributed by atoms with Gasteiger partial charge >= 0.3 is 0 Å². The minimum atomic E-state index is 0.256. The fourth-order valence-electron chi connectivity index (χ4n) is 1.75. The van der Waals surface area contributed by atoms with Gasteiger partial charge in [0.1, 0.15) is 18.0 Å². The number of hydrogen-bond donors (Lipinski definition) is 1. The molecule has 0 bridgehead atoms. The molecular formula is C13H22N8. The molecule has 8 heteroatoms. The van der Waals surface area contributed by atoms with Crippen LogP contribution < -0.4 is 10.2 Å². The van der Waals surface area contributed by atoms with Gasteiger partial charge in [0.05, 0.1) is 0 Å². The molecule has 0 aliphatic rings. The summed E-state index contributed by atoms with van der Waals surface area (Å²) in [5, 5.41) is 7.28. The molecule has 21 heavy (non-hydrogen) atoms. The minimum Gasteiger partial charge on any atom is -0.354 e. The summed E-state index contributed by atoms with van der Waals surface area (Å²) in [5.74, 6) is 3.23. The first kappa shape index (κ1) is 15.1. The summed E-state index contributed by atoms with van der Waals surface area (Å²) in [4.78, 5) is 19.4. The van der Waals surface area contributed by atoms with Crippen molar-refractivity contribution in [3.8, 4) is 0 Å². The molecule has 1 N–H and O–H groups in total. The zero-order valence-electron chi connectivity index (χ0n) is 13.2. The molecule has 8 nitrogen and oxygen atoms in total. The zero-order valence-corrected chi connectivity index (χ0v) is 13.2. The maximum Gasteiger partial charge on any atom is 0.229 e. The average molecular weight is 290 g/mol. The van der Waals surface area contributed by atoms with Gasteiger partial charge in [-0.15, -0.1) is 0 Å². The van der Waals surface area contributed by atoms with E-state index in [1.165, 1.54) is 0 Å². The van der Waals surface area contributed by atoms with Gasteiger partial charge in [-0.1, -0.05) is 13.8 Å². The summed E-state index contributed by atoms with van der Waals surface area (Å²) in [7, 11) is 5.72.